The monoisotopic (exact) mass is 228 g/mol. The smallest absolute Gasteiger partial charge is 0.234 e. The van der Waals surface area contributed by atoms with Crippen LogP contribution in [0.25, 0.3) is 0 Å². The molecule has 0 bridgehead atoms. The fourth-order valence-electron chi connectivity index (χ4n) is 2.11. The van der Waals surface area contributed by atoms with Gasteiger partial charge in [0.1, 0.15) is 0 Å². The average molecular weight is 228 g/mol. The van der Waals surface area contributed by atoms with Gasteiger partial charge in [-0.05, 0) is 32.9 Å². The number of carbonyl (C=O) groups excluding carboxylic acids is 1. The first kappa shape index (κ1) is 13.5. The molecule has 0 aliphatic carbocycles. The molecule has 94 valence electrons. The SMILES string of the molecule is COC[C@@H](C)NC(=O)CN1CCCCCC1. The van der Waals surface area contributed by atoms with E-state index >= 15 is 0 Å². The number of rotatable bonds is 5. The highest BCUT2D eigenvalue weighted by molar-refractivity contribution is 5.78. The number of nitrogens with one attached hydrogen (secondary N) is 1. The van der Waals surface area contributed by atoms with Gasteiger partial charge < -0.3 is 10.1 Å². The lowest BCUT2D eigenvalue weighted by Gasteiger charge is -2.20. The molecule has 1 heterocycles. The van der Waals surface area contributed by atoms with Crippen LogP contribution in [0.15, 0.2) is 0 Å². The Morgan fingerprint density at radius 2 is 1.94 bits per heavy atom. The molecule has 1 saturated heterocycles. The summed E-state index contributed by atoms with van der Waals surface area (Å²) in [6.07, 6.45) is 5.05. The third-order valence-electron chi connectivity index (χ3n) is 2.89. The topological polar surface area (TPSA) is 41.6 Å². The van der Waals surface area contributed by atoms with Crippen molar-refractivity contribution >= 4 is 5.91 Å². The maximum atomic E-state index is 11.7. The molecule has 1 aliphatic heterocycles. The molecule has 1 aliphatic rings. The Kier molecular flexibility index (Phi) is 6.42. The zero-order valence-corrected chi connectivity index (χ0v) is 10.5. The molecule has 4 heteroatoms. The van der Waals surface area contributed by atoms with Gasteiger partial charge in [-0.15, -0.1) is 0 Å². The summed E-state index contributed by atoms with van der Waals surface area (Å²) in [5, 5.41) is 2.94. The van der Waals surface area contributed by atoms with E-state index < -0.39 is 0 Å². The zero-order valence-electron chi connectivity index (χ0n) is 10.5. The molecule has 1 atom stereocenters. The number of hydrogen-bond acceptors (Lipinski definition) is 3. The van der Waals surface area contributed by atoms with Crippen LogP contribution < -0.4 is 5.32 Å². The Morgan fingerprint density at radius 3 is 2.50 bits per heavy atom. The molecule has 1 rings (SSSR count). The van der Waals surface area contributed by atoms with Gasteiger partial charge in [0.15, 0.2) is 0 Å². The summed E-state index contributed by atoms with van der Waals surface area (Å²) in [5.41, 5.74) is 0. The molecular formula is C12H24N2O2. The van der Waals surface area contributed by atoms with Gasteiger partial charge in [0.2, 0.25) is 5.91 Å². The largest absolute Gasteiger partial charge is 0.383 e. The molecule has 1 fully saturated rings. The van der Waals surface area contributed by atoms with Crippen molar-refractivity contribution in [1.29, 1.82) is 0 Å². The Balaban J connectivity index is 2.21. The first-order chi connectivity index (χ1) is 7.72. The van der Waals surface area contributed by atoms with E-state index in [1.54, 1.807) is 7.11 Å². The normalized spacial score (nSPS) is 20.1. The summed E-state index contributed by atoms with van der Waals surface area (Å²) in [4.78, 5) is 14.0. The minimum absolute atomic E-state index is 0.101. The van der Waals surface area contributed by atoms with Crippen LogP contribution in [0.5, 0.6) is 0 Å². The Hall–Kier alpha value is -0.610. The van der Waals surface area contributed by atoms with Crippen molar-refractivity contribution in [3.8, 4) is 0 Å². The van der Waals surface area contributed by atoms with E-state index in [2.05, 4.69) is 10.2 Å². The maximum absolute atomic E-state index is 11.7. The maximum Gasteiger partial charge on any atom is 0.234 e. The molecular weight excluding hydrogens is 204 g/mol. The van der Waals surface area contributed by atoms with E-state index in [0.29, 0.717) is 13.2 Å². The van der Waals surface area contributed by atoms with Crippen LogP contribution in [0.3, 0.4) is 0 Å². The quantitative estimate of drug-likeness (QED) is 0.763. The first-order valence-electron chi connectivity index (χ1n) is 6.23. The molecule has 16 heavy (non-hydrogen) atoms. The van der Waals surface area contributed by atoms with Crippen molar-refractivity contribution in [2.24, 2.45) is 0 Å². The Bertz CT molecular complexity index is 201. The molecule has 0 radical (unpaired) electrons. The first-order valence-corrected chi connectivity index (χ1v) is 6.23. The molecule has 0 aromatic carbocycles. The molecule has 0 saturated carbocycles. The molecule has 0 spiro atoms. The molecule has 1 amide bonds. The van der Waals surface area contributed by atoms with E-state index in [9.17, 15) is 4.79 Å². The molecule has 0 aromatic rings. The van der Waals surface area contributed by atoms with Crippen LogP contribution in [0, 0.1) is 0 Å². The second kappa shape index (κ2) is 7.63. The van der Waals surface area contributed by atoms with Gasteiger partial charge in [0.05, 0.1) is 13.2 Å². The van der Waals surface area contributed by atoms with Crippen molar-refractivity contribution < 1.29 is 9.53 Å². The summed E-state index contributed by atoms with van der Waals surface area (Å²) in [5.74, 6) is 0.117. The van der Waals surface area contributed by atoms with Crippen LogP contribution in [-0.2, 0) is 9.53 Å². The summed E-state index contributed by atoms with van der Waals surface area (Å²) in [6.45, 7) is 5.20. The van der Waals surface area contributed by atoms with Gasteiger partial charge in [-0.2, -0.15) is 0 Å². The lowest BCUT2D eigenvalue weighted by molar-refractivity contribution is -0.123. The van der Waals surface area contributed by atoms with Crippen molar-refractivity contribution in [1.82, 2.24) is 10.2 Å². The van der Waals surface area contributed by atoms with Gasteiger partial charge in [-0.1, -0.05) is 12.8 Å². The highest BCUT2D eigenvalue weighted by atomic mass is 16.5. The summed E-state index contributed by atoms with van der Waals surface area (Å²) in [6, 6.07) is 0.101. The van der Waals surface area contributed by atoms with Crippen molar-refractivity contribution in [3.05, 3.63) is 0 Å². The van der Waals surface area contributed by atoms with Crippen molar-refractivity contribution in [2.45, 2.75) is 38.6 Å². The third kappa shape index (κ3) is 5.47. The predicted molar refractivity (Wildman–Crippen MR) is 64.4 cm³/mol. The van der Waals surface area contributed by atoms with Crippen molar-refractivity contribution in [3.63, 3.8) is 0 Å². The van der Waals surface area contributed by atoms with E-state index in [0.717, 1.165) is 13.1 Å². The summed E-state index contributed by atoms with van der Waals surface area (Å²) >= 11 is 0. The zero-order chi connectivity index (χ0) is 11.8. The Labute approximate surface area is 98.3 Å². The van der Waals surface area contributed by atoms with Crippen molar-refractivity contribution in [2.75, 3.05) is 33.4 Å². The molecule has 4 nitrogen and oxygen atoms in total. The van der Waals surface area contributed by atoms with Crippen LogP contribution in [0.1, 0.15) is 32.6 Å². The summed E-state index contributed by atoms with van der Waals surface area (Å²) < 4.78 is 4.99. The van der Waals surface area contributed by atoms with Crippen LogP contribution in [0.4, 0.5) is 0 Å². The van der Waals surface area contributed by atoms with Gasteiger partial charge in [0, 0.05) is 13.2 Å². The standard InChI is InChI=1S/C12H24N2O2/c1-11(10-16-2)13-12(15)9-14-7-5-3-4-6-8-14/h11H,3-10H2,1-2H3,(H,13,15)/t11-/m1/s1. The van der Waals surface area contributed by atoms with Crippen LogP contribution >= 0.6 is 0 Å². The van der Waals surface area contributed by atoms with E-state index in [1.807, 2.05) is 6.92 Å². The van der Waals surface area contributed by atoms with Crippen LogP contribution in [0.2, 0.25) is 0 Å². The molecule has 1 N–H and O–H groups in total. The lowest BCUT2D eigenvalue weighted by atomic mass is 10.2. The van der Waals surface area contributed by atoms with E-state index in [4.69, 9.17) is 4.74 Å². The van der Waals surface area contributed by atoms with Gasteiger partial charge in [0.25, 0.3) is 0 Å². The number of likely N-dealkylation sites (tertiary alicyclic amines) is 1. The predicted octanol–water partition coefficient (Wildman–Crippen LogP) is 1.01. The highest BCUT2D eigenvalue weighted by Gasteiger charge is 2.14. The number of methoxy groups -OCH3 is 1. The highest BCUT2D eigenvalue weighted by Crippen LogP contribution is 2.08. The number of hydrogen-bond donors (Lipinski definition) is 1. The van der Waals surface area contributed by atoms with E-state index in [1.165, 1.54) is 25.7 Å². The van der Waals surface area contributed by atoms with Crippen LogP contribution in [-0.4, -0.2) is 50.2 Å². The molecule has 0 unspecified atom stereocenters. The number of carbonyl (C=O) groups is 1. The Morgan fingerprint density at radius 1 is 1.31 bits per heavy atom. The fraction of sp³-hybridized carbons (Fsp3) is 0.917. The second-order valence-electron chi connectivity index (χ2n) is 4.61. The summed E-state index contributed by atoms with van der Waals surface area (Å²) in [7, 11) is 1.65. The fourth-order valence-corrected chi connectivity index (χ4v) is 2.11. The number of ether oxygens (including phenoxy) is 1. The third-order valence-corrected chi connectivity index (χ3v) is 2.89. The second-order valence-corrected chi connectivity index (χ2v) is 4.61. The number of amides is 1. The minimum atomic E-state index is 0.101. The number of nitrogens with zero attached hydrogens (tertiary/aromatic N) is 1. The average Bonchev–Trinajstić information content (AvgIpc) is 2.46. The minimum Gasteiger partial charge on any atom is -0.383 e. The van der Waals surface area contributed by atoms with Gasteiger partial charge in [-0.3, -0.25) is 9.69 Å². The van der Waals surface area contributed by atoms with Gasteiger partial charge in [-0.25, -0.2) is 0 Å². The van der Waals surface area contributed by atoms with Gasteiger partial charge >= 0.3 is 0 Å². The molecule has 0 aromatic heterocycles. The van der Waals surface area contributed by atoms with E-state index in [-0.39, 0.29) is 11.9 Å². The lowest BCUT2D eigenvalue weighted by Crippen LogP contribution is -2.42.